The monoisotopic (exact) mass is 451 g/mol. The number of fused-ring (bicyclic) bond motifs is 2. The summed E-state index contributed by atoms with van der Waals surface area (Å²) < 4.78 is 16.6. The van der Waals surface area contributed by atoms with Crippen molar-refractivity contribution in [2.24, 2.45) is 0 Å². The van der Waals surface area contributed by atoms with Gasteiger partial charge >= 0.3 is 0 Å². The highest BCUT2D eigenvalue weighted by atomic mass is 32.1. The highest BCUT2D eigenvalue weighted by Gasteiger charge is 2.20. The molecule has 3 heterocycles. The third kappa shape index (κ3) is 4.56. The second-order valence-corrected chi connectivity index (χ2v) is 8.47. The Balaban J connectivity index is 1.39. The molecular weight excluding hydrogens is 426 g/mol. The molecular formula is C24H25N3O4S. The predicted molar refractivity (Wildman–Crippen MR) is 126 cm³/mol. The number of pyridine rings is 1. The maximum atomic E-state index is 12.9. The summed E-state index contributed by atoms with van der Waals surface area (Å²) in [6.45, 7) is 2.64. The highest BCUT2D eigenvalue weighted by molar-refractivity contribution is 7.80. The van der Waals surface area contributed by atoms with Crippen LogP contribution in [0.3, 0.4) is 0 Å². The minimum Gasteiger partial charge on any atom is -0.454 e. The average Bonchev–Trinajstić information content (AvgIpc) is 3.48. The molecule has 32 heavy (non-hydrogen) atoms. The number of thiocarbonyl (C=S) groups is 1. The van der Waals surface area contributed by atoms with Crippen molar-refractivity contribution in [3.8, 4) is 11.5 Å². The van der Waals surface area contributed by atoms with E-state index in [9.17, 15) is 4.79 Å². The van der Waals surface area contributed by atoms with Gasteiger partial charge in [-0.1, -0.05) is 30.3 Å². The number of rotatable bonds is 6. The van der Waals surface area contributed by atoms with Crippen LogP contribution in [-0.4, -0.2) is 41.0 Å². The Morgan fingerprint density at radius 3 is 2.72 bits per heavy atom. The number of aromatic nitrogens is 1. The average molecular weight is 452 g/mol. The lowest BCUT2D eigenvalue weighted by atomic mass is 10.1. The van der Waals surface area contributed by atoms with E-state index in [0.29, 0.717) is 41.8 Å². The number of aromatic amines is 1. The number of nitrogens with one attached hydrogen (secondary N) is 2. The zero-order chi connectivity index (χ0) is 21.9. The summed E-state index contributed by atoms with van der Waals surface area (Å²) in [5.74, 6) is 1.33. The molecule has 1 aromatic heterocycles. The van der Waals surface area contributed by atoms with Crippen molar-refractivity contribution < 1.29 is 14.2 Å². The minimum atomic E-state index is -0.142. The first kappa shape index (κ1) is 20.8. The first-order chi connectivity index (χ1) is 15.7. The molecule has 0 amide bonds. The molecule has 0 saturated carbocycles. The Morgan fingerprint density at radius 2 is 1.94 bits per heavy atom. The third-order valence-electron chi connectivity index (χ3n) is 5.78. The second-order valence-electron chi connectivity index (χ2n) is 8.08. The molecule has 2 aliphatic heterocycles. The van der Waals surface area contributed by atoms with E-state index < -0.39 is 0 Å². The topological polar surface area (TPSA) is 75.8 Å². The second kappa shape index (κ2) is 9.18. The van der Waals surface area contributed by atoms with E-state index in [2.05, 4.69) is 22.4 Å². The number of benzene rings is 2. The van der Waals surface area contributed by atoms with Crippen LogP contribution in [0.2, 0.25) is 0 Å². The summed E-state index contributed by atoms with van der Waals surface area (Å²) in [5, 5.41) is 4.84. The summed E-state index contributed by atoms with van der Waals surface area (Å²) in [6.07, 6.45) is 2.30. The molecule has 7 nitrogen and oxygen atoms in total. The number of ether oxygens (including phenoxy) is 3. The molecule has 1 saturated heterocycles. The van der Waals surface area contributed by atoms with Gasteiger partial charge in [0.05, 0.1) is 18.2 Å². The first-order valence-corrected chi connectivity index (χ1v) is 11.2. The Hall–Kier alpha value is -3.10. The molecule has 166 valence electrons. The zero-order valence-corrected chi connectivity index (χ0v) is 18.5. The summed E-state index contributed by atoms with van der Waals surface area (Å²) in [5.41, 5.74) is 2.33. The lowest BCUT2D eigenvalue weighted by Gasteiger charge is -2.27. The van der Waals surface area contributed by atoms with Crippen LogP contribution in [0.25, 0.3) is 10.9 Å². The van der Waals surface area contributed by atoms with Crippen LogP contribution in [0, 0.1) is 0 Å². The van der Waals surface area contributed by atoms with Gasteiger partial charge in [0.2, 0.25) is 6.79 Å². The van der Waals surface area contributed by atoms with E-state index in [0.717, 1.165) is 35.9 Å². The van der Waals surface area contributed by atoms with Crippen LogP contribution in [0.15, 0.2) is 53.3 Å². The largest absolute Gasteiger partial charge is 0.454 e. The van der Waals surface area contributed by atoms with Gasteiger partial charge in [0.1, 0.15) is 0 Å². The standard InChI is InChI=1S/C24H25N3O4S/c28-23-18(9-17-10-21-22(31-15-30-21)11-20(17)26-23)14-27(13-16-5-2-1-3-6-16)24(32)25-12-19-7-4-8-29-19/h1-3,5-6,9-11,19H,4,7-8,12-15H2,(H,25,32)(H,26,28)/t19-/m1/s1. The molecule has 5 rings (SSSR count). The van der Waals surface area contributed by atoms with Gasteiger partial charge in [0, 0.05) is 36.7 Å². The molecule has 0 bridgehead atoms. The Morgan fingerprint density at radius 1 is 1.12 bits per heavy atom. The van der Waals surface area contributed by atoms with Crippen LogP contribution >= 0.6 is 12.2 Å². The fourth-order valence-corrected chi connectivity index (χ4v) is 4.30. The summed E-state index contributed by atoms with van der Waals surface area (Å²) >= 11 is 5.72. The Bertz CT molecular complexity index is 1180. The number of hydrogen-bond donors (Lipinski definition) is 2. The molecule has 0 aliphatic carbocycles. The van der Waals surface area contributed by atoms with Crippen molar-refractivity contribution in [1.29, 1.82) is 0 Å². The normalized spacial score (nSPS) is 16.9. The van der Waals surface area contributed by atoms with Crippen LogP contribution in [-0.2, 0) is 17.8 Å². The predicted octanol–water partition coefficient (Wildman–Crippen LogP) is 3.31. The molecule has 0 unspecified atom stereocenters. The van der Waals surface area contributed by atoms with Gasteiger partial charge in [-0.2, -0.15) is 0 Å². The van der Waals surface area contributed by atoms with E-state index in [1.807, 2.05) is 35.2 Å². The van der Waals surface area contributed by atoms with Crippen molar-refractivity contribution in [3.05, 3.63) is 70.0 Å². The van der Waals surface area contributed by atoms with Gasteiger partial charge in [0.25, 0.3) is 5.56 Å². The van der Waals surface area contributed by atoms with Crippen LogP contribution in [0.5, 0.6) is 11.5 Å². The van der Waals surface area contributed by atoms with E-state index in [-0.39, 0.29) is 18.5 Å². The molecule has 1 fully saturated rings. The summed E-state index contributed by atoms with van der Waals surface area (Å²) in [7, 11) is 0. The summed E-state index contributed by atoms with van der Waals surface area (Å²) in [4.78, 5) is 17.9. The van der Waals surface area contributed by atoms with Gasteiger partial charge < -0.3 is 29.4 Å². The van der Waals surface area contributed by atoms with Crippen LogP contribution in [0.4, 0.5) is 0 Å². The minimum absolute atomic E-state index is 0.142. The van der Waals surface area contributed by atoms with Crippen molar-refractivity contribution >= 4 is 28.2 Å². The summed E-state index contributed by atoms with van der Waals surface area (Å²) in [6, 6.07) is 15.7. The van der Waals surface area contributed by atoms with Gasteiger partial charge in [-0.15, -0.1) is 0 Å². The fraction of sp³-hybridized carbons (Fsp3) is 0.333. The Labute approximate surface area is 191 Å². The quantitative estimate of drug-likeness (QED) is 0.557. The fourth-order valence-electron chi connectivity index (χ4n) is 4.09. The van der Waals surface area contributed by atoms with Crippen LogP contribution < -0.4 is 20.3 Å². The lowest BCUT2D eigenvalue weighted by Crippen LogP contribution is -2.42. The number of nitrogens with zero attached hydrogens (tertiary/aromatic N) is 1. The first-order valence-electron chi connectivity index (χ1n) is 10.8. The SMILES string of the molecule is O=c1[nH]c2cc3c(cc2cc1CN(Cc1ccccc1)C(=S)NC[C@H]1CCCO1)OCO3. The van der Waals surface area contributed by atoms with E-state index in [4.69, 9.17) is 26.4 Å². The molecule has 0 radical (unpaired) electrons. The van der Waals surface area contributed by atoms with Gasteiger partial charge in [-0.25, -0.2) is 0 Å². The van der Waals surface area contributed by atoms with Gasteiger partial charge in [-0.05, 0) is 42.8 Å². The van der Waals surface area contributed by atoms with E-state index in [1.54, 1.807) is 6.07 Å². The van der Waals surface area contributed by atoms with Gasteiger partial charge in [-0.3, -0.25) is 4.79 Å². The van der Waals surface area contributed by atoms with Crippen molar-refractivity contribution in [2.75, 3.05) is 19.9 Å². The Kier molecular flexibility index (Phi) is 5.96. The molecule has 1 atom stereocenters. The molecule has 3 aromatic rings. The van der Waals surface area contributed by atoms with E-state index >= 15 is 0 Å². The smallest absolute Gasteiger partial charge is 0.253 e. The molecule has 8 heteroatoms. The van der Waals surface area contributed by atoms with Crippen LogP contribution in [0.1, 0.15) is 24.0 Å². The molecule has 2 aliphatic rings. The maximum Gasteiger partial charge on any atom is 0.253 e. The van der Waals surface area contributed by atoms with Crippen molar-refractivity contribution in [1.82, 2.24) is 15.2 Å². The lowest BCUT2D eigenvalue weighted by molar-refractivity contribution is 0.113. The maximum absolute atomic E-state index is 12.9. The zero-order valence-electron chi connectivity index (χ0n) is 17.6. The molecule has 2 N–H and O–H groups in total. The number of H-pyrrole nitrogens is 1. The number of hydrogen-bond acceptors (Lipinski definition) is 5. The molecule has 0 spiro atoms. The van der Waals surface area contributed by atoms with E-state index in [1.165, 1.54) is 0 Å². The van der Waals surface area contributed by atoms with Crippen molar-refractivity contribution in [2.45, 2.75) is 32.0 Å². The van der Waals surface area contributed by atoms with Crippen molar-refractivity contribution in [3.63, 3.8) is 0 Å². The third-order valence-corrected chi connectivity index (χ3v) is 6.19. The highest BCUT2D eigenvalue weighted by Crippen LogP contribution is 2.35. The van der Waals surface area contributed by atoms with Gasteiger partial charge in [0.15, 0.2) is 16.6 Å². The molecule has 2 aromatic carbocycles.